The second kappa shape index (κ2) is 8.02. The summed E-state index contributed by atoms with van der Waals surface area (Å²) >= 11 is 1.66. The lowest BCUT2D eigenvalue weighted by Crippen LogP contribution is -2.22. The Morgan fingerprint density at radius 1 is 1.00 bits per heavy atom. The molecule has 4 heteroatoms. The van der Waals surface area contributed by atoms with Crippen molar-refractivity contribution < 1.29 is 5.11 Å². The van der Waals surface area contributed by atoms with Crippen LogP contribution in [0.2, 0.25) is 0 Å². The third-order valence-electron chi connectivity index (χ3n) is 3.72. The van der Waals surface area contributed by atoms with Crippen molar-refractivity contribution in [2.75, 3.05) is 6.61 Å². The summed E-state index contributed by atoms with van der Waals surface area (Å²) in [4.78, 5) is 4.70. The Balaban J connectivity index is 1.66. The lowest BCUT2D eigenvalue weighted by Gasteiger charge is -2.17. The average Bonchev–Trinajstić information content (AvgIpc) is 3.09. The number of benzene rings is 2. The zero-order chi connectivity index (χ0) is 15.9. The maximum Gasteiger partial charge on any atom is 0.123 e. The Bertz CT molecular complexity index is 713. The van der Waals surface area contributed by atoms with Crippen LogP contribution in [0.1, 0.15) is 23.7 Å². The molecular formula is C19H20N2OS. The molecule has 3 rings (SSSR count). The first kappa shape index (κ1) is 15.9. The van der Waals surface area contributed by atoms with Gasteiger partial charge in [0.05, 0.1) is 5.69 Å². The van der Waals surface area contributed by atoms with Gasteiger partial charge in [-0.1, -0.05) is 60.7 Å². The summed E-state index contributed by atoms with van der Waals surface area (Å²) in [5.74, 6) is 0. The molecule has 0 bridgehead atoms. The number of hydrogen-bond donors (Lipinski definition) is 2. The van der Waals surface area contributed by atoms with Crippen LogP contribution in [0, 0.1) is 0 Å². The van der Waals surface area contributed by atoms with E-state index >= 15 is 0 Å². The van der Waals surface area contributed by atoms with Crippen LogP contribution >= 0.6 is 11.3 Å². The highest BCUT2D eigenvalue weighted by molar-refractivity contribution is 7.13. The lowest BCUT2D eigenvalue weighted by atomic mass is 10.0. The molecule has 1 atom stereocenters. The first-order chi connectivity index (χ1) is 11.4. The van der Waals surface area contributed by atoms with Crippen LogP contribution in [0.15, 0.2) is 66.0 Å². The van der Waals surface area contributed by atoms with E-state index in [0.717, 1.165) is 16.3 Å². The van der Waals surface area contributed by atoms with Crippen molar-refractivity contribution in [1.29, 1.82) is 0 Å². The molecule has 0 aliphatic heterocycles. The standard InChI is InChI=1S/C19H20N2OS/c22-12-11-18(15-7-3-1-4-8-15)20-13-17-14-23-19(21-17)16-9-5-2-6-10-16/h1-10,14,18,20,22H,11-13H2/t18-/m1/s1. The topological polar surface area (TPSA) is 45.1 Å². The third-order valence-corrected chi connectivity index (χ3v) is 4.66. The first-order valence-corrected chi connectivity index (χ1v) is 8.64. The molecule has 118 valence electrons. The number of thiazole rings is 1. The fraction of sp³-hybridized carbons (Fsp3) is 0.211. The van der Waals surface area contributed by atoms with Gasteiger partial charge in [0, 0.05) is 30.1 Å². The zero-order valence-electron chi connectivity index (χ0n) is 12.9. The summed E-state index contributed by atoms with van der Waals surface area (Å²) < 4.78 is 0. The van der Waals surface area contributed by atoms with Gasteiger partial charge in [0.25, 0.3) is 0 Å². The second-order valence-corrected chi connectivity index (χ2v) is 6.22. The smallest absolute Gasteiger partial charge is 0.123 e. The lowest BCUT2D eigenvalue weighted by molar-refractivity contribution is 0.265. The molecule has 1 aromatic heterocycles. The number of nitrogens with one attached hydrogen (secondary N) is 1. The number of hydrogen-bond acceptors (Lipinski definition) is 4. The number of aliphatic hydroxyl groups is 1. The Hall–Kier alpha value is -2.01. The highest BCUT2D eigenvalue weighted by atomic mass is 32.1. The van der Waals surface area contributed by atoms with Gasteiger partial charge in [0.2, 0.25) is 0 Å². The summed E-state index contributed by atoms with van der Waals surface area (Å²) in [6.07, 6.45) is 0.694. The van der Waals surface area contributed by atoms with E-state index in [1.165, 1.54) is 5.56 Å². The van der Waals surface area contributed by atoms with Gasteiger partial charge in [-0.3, -0.25) is 0 Å². The Labute approximate surface area is 140 Å². The van der Waals surface area contributed by atoms with Crippen molar-refractivity contribution in [2.24, 2.45) is 0 Å². The van der Waals surface area contributed by atoms with Crippen molar-refractivity contribution in [3.05, 3.63) is 77.3 Å². The number of nitrogens with zero attached hydrogens (tertiary/aromatic N) is 1. The molecule has 3 nitrogen and oxygen atoms in total. The summed E-state index contributed by atoms with van der Waals surface area (Å²) in [6.45, 7) is 0.863. The van der Waals surface area contributed by atoms with Crippen LogP contribution in [0.5, 0.6) is 0 Å². The van der Waals surface area contributed by atoms with E-state index in [1.807, 2.05) is 36.4 Å². The number of aliphatic hydroxyl groups excluding tert-OH is 1. The summed E-state index contributed by atoms with van der Waals surface area (Å²) in [6, 6.07) is 20.6. The van der Waals surface area contributed by atoms with Crippen molar-refractivity contribution in [2.45, 2.75) is 19.0 Å². The molecule has 1 heterocycles. The van der Waals surface area contributed by atoms with Gasteiger partial charge in [-0.05, 0) is 12.0 Å². The first-order valence-electron chi connectivity index (χ1n) is 7.76. The molecule has 0 saturated heterocycles. The monoisotopic (exact) mass is 324 g/mol. The predicted octanol–water partition coefficient (Wildman–Crippen LogP) is 4.02. The molecule has 0 fully saturated rings. The van der Waals surface area contributed by atoms with E-state index in [4.69, 9.17) is 4.98 Å². The molecule has 23 heavy (non-hydrogen) atoms. The minimum absolute atomic E-state index is 0.142. The number of aromatic nitrogens is 1. The van der Waals surface area contributed by atoms with Gasteiger partial charge in [-0.2, -0.15) is 0 Å². The molecule has 0 aliphatic rings. The molecule has 0 aliphatic carbocycles. The van der Waals surface area contributed by atoms with Crippen LogP contribution in [-0.4, -0.2) is 16.7 Å². The van der Waals surface area contributed by atoms with Gasteiger partial charge in [-0.15, -0.1) is 11.3 Å². The minimum atomic E-state index is 0.142. The quantitative estimate of drug-likeness (QED) is 0.690. The third kappa shape index (κ3) is 4.26. The van der Waals surface area contributed by atoms with Crippen LogP contribution in [0.4, 0.5) is 0 Å². The Morgan fingerprint density at radius 3 is 2.39 bits per heavy atom. The molecule has 3 aromatic rings. The summed E-state index contributed by atoms with van der Waals surface area (Å²) in [5.41, 5.74) is 3.38. The van der Waals surface area contributed by atoms with E-state index < -0.39 is 0 Å². The van der Waals surface area contributed by atoms with Gasteiger partial charge in [-0.25, -0.2) is 4.98 Å². The van der Waals surface area contributed by atoms with Crippen LogP contribution in [0.3, 0.4) is 0 Å². The largest absolute Gasteiger partial charge is 0.396 e. The highest BCUT2D eigenvalue weighted by Crippen LogP contribution is 2.24. The molecule has 0 saturated carbocycles. The average molecular weight is 324 g/mol. The van der Waals surface area contributed by atoms with Crippen LogP contribution in [-0.2, 0) is 6.54 Å². The molecule has 2 N–H and O–H groups in total. The second-order valence-electron chi connectivity index (χ2n) is 5.37. The van der Waals surface area contributed by atoms with E-state index in [1.54, 1.807) is 11.3 Å². The molecule has 0 unspecified atom stereocenters. The van der Waals surface area contributed by atoms with Crippen molar-refractivity contribution in [3.8, 4) is 10.6 Å². The van der Waals surface area contributed by atoms with Crippen molar-refractivity contribution in [3.63, 3.8) is 0 Å². The van der Waals surface area contributed by atoms with E-state index in [9.17, 15) is 5.11 Å². The fourth-order valence-electron chi connectivity index (χ4n) is 2.53. The SMILES string of the molecule is OCC[C@@H](NCc1csc(-c2ccccc2)n1)c1ccccc1. The van der Waals surface area contributed by atoms with Gasteiger partial charge in [0.1, 0.15) is 5.01 Å². The van der Waals surface area contributed by atoms with E-state index in [-0.39, 0.29) is 12.6 Å². The summed E-state index contributed by atoms with van der Waals surface area (Å²) in [7, 11) is 0. The van der Waals surface area contributed by atoms with Gasteiger partial charge < -0.3 is 10.4 Å². The summed E-state index contributed by atoms with van der Waals surface area (Å²) in [5, 5.41) is 15.9. The highest BCUT2D eigenvalue weighted by Gasteiger charge is 2.11. The van der Waals surface area contributed by atoms with E-state index in [0.29, 0.717) is 13.0 Å². The zero-order valence-corrected chi connectivity index (χ0v) is 13.7. The Kier molecular flexibility index (Phi) is 5.53. The minimum Gasteiger partial charge on any atom is -0.396 e. The molecular weight excluding hydrogens is 304 g/mol. The van der Waals surface area contributed by atoms with Crippen molar-refractivity contribution in [1.82, 2.24) is 10.3 Å². The van der Waals surface area contributed by atoms with Gasteiger partial charge in [0.15, 0.2) is 0 Å². The van der Waals surface area contributed by atoms with Gasteiger partial charge >= 0.3 is 0 Å². The molecule has 0 spiro atoms. The fourth-order valence-corrected chi connectivity index (χ4v) is 3.36. The number of rotatable bonds is 7. The van der Waals surface area contributed by atoms with Crippen LogP contribution < -0.4 is 5.32 Å². The normalized spacial score (nSPS) is 12.2. The maximum absolute atomic E-state index is 9.29. The van der Waals surface area contributed by atoms with E-state index in [2.05, 4.69) is 35.0 Å². The molecule has 2 aromatic carbocycles. The predicted molar refractivity (Wildman–Crippen MR) is 95.3 cm³/mol. The molecule has 0 amide bonds. The maximum atomic E-state index is 9.29. The molecule has 0 radical (unpaired) electrons. The van der Waals surface area contributed by atoms with Crippen molar-refractivity contribution >= 4 is 11.3 Å². The van der Waals surface area contributed by atoms with Crippen LogP contribution in [0.25, 0.3) is 10.6 Å². The Morgan fingerprint density at radius 2 is 1.70 bits per heavy atom.